The standard InChI is InChI=1S/C15H13BrCl2N2O/c16-11-3-1-9(2-4-11)12-13(17)19-15(20-14(12)18)10-5-7-21-8-6-10/h1-4,10H,5-8H2. The van der Waals surface area contributed by atoms with Crippen molar-refractivity contribution < 1.29 is 4.74 Å². The SMILES string of the molecule is Clc1nc(C2CCOCC2)nc(Cl)c1-c1ccc(Br)cc1. The lowest BCUT2D eigenvalue weighted by Gasteiger charge is -2.21. The van der Waals surface area contributed by atoms with Crippen LogP contribution in [0.2, 0.25) is 10.3 Å². The Labute approximate surface area is 141 Å². The zero-order valence-corrected chi connectivity index (χ0v) is 14.2. The van der Waals surface area contributed by atoms with E-state index in [1.807, 2.05) is 24.3 Å². The Morgan fingerprint density at radius 3 is 2.14 bits per heavy atom. The molecule has 0 radical (unpaired) electrons. The molecule has 6 heteroatoms. The van der Waals surface area contributed by atoms with E-state index in [0.29, 0.717) is 21.7 Å². The molecule has 0 atom stereocenters. The van der Waals surface area contributed by atoms with Crippen LogP contribution in [0.4, 0.5) is 0 Å². The van der Waals surface area contributed by atoms with Crippen LogP contribution < -0.4 is 0 Å². The summed E-state index contributed by atoms with van der Waals surface area (Å²) < 4.78 is 6.36. The molecule has 1 aliphatic heterocycles. The number of aromatic nitrogens is 2. The van der Waals surface area contributed by atoms with Crippen LogP contribution in [0.25, 0.3) is 11.1 Å². The van der Waals surface area contributed by atoms with Crippen LogP contribution in [0.5, 0.6) is 0 Å². The van der Waals surface area contributed by atoms with Gasteiger partial charge in [0.1, 0.15) is 16.1 Å². The lowest BCUT2D eigenvalue weighted by molar-refractivity contribution is 0.0836. The molecule has 0 saturated carbocycles. The maximum atomic E-state index is 6.35. The zero-order chi connectivity index (χ0) is 14.8. The van der Waals surface area contributed by atoms with Crippen LogP contribution in [0.15, 0.2) is 28.7 Å². The van der Waals surface area contributed by atoms with E-state index in [1.165, 1.54) is 0 Å². The number of benzene rings is 1. The van der Waals surface area contributed by atoms with E-state index in [4.69, 9.17) is 27.9 Å². The van der Waals surface area contributed by atoms with Crippen LogP contribution in [-0.2, 0) is 4.74 Å². The molecular formula is C15H13BrCl2N2O. The fourth-order valence-corrected chi connectivity index (χ4v) is 3.30. The average molecular weight is 388 g/mol. The summed E-state index contributed by atoms with van der Waals surface area (Å²) in [6.45, 7) is 1.47. The molecule has 1 aromatic carbocycles. The number of ether oxygens (including phenoxy) is 1. The van der Waals surface area contributed by atoms with E-state index in [2.05, 4.69) is 25.9 Å². The number of nitrogens with zero attached hydrogens (tertiary/aromatic N) is 2. The van der Waals surface area contributed by atoms with E-state index < -0.39 is 0 Å². The van der Waals surface area contributed by atoms with Crippen LogP contribution in [0, 0.1) is 0 Å². The molecule has 0 aliphatic carbocycles. The predicted octanol–water partition coefficient (Wildman–Crippen LogP) is 5.11. The molecule has 0 bridgehead atoms. The third kappa shape index (κ3) is 3.39. The first-order valence-electron chi connectivity index (χ1n) is 6.72. The number of rotatable bonds is 2. The van der Waals surface area contributed by atoms with Gasteiger partial charge in [0, 0.05) is 23.6 Å². The maximum Gasteiger partial charge on any atom is 0.142 e. The minimum Gasteiger partial charge on any atom is -0.381 e. The monoisotopic (exact) mass is 386 g/mol. The second-order valence-electron chi connectivity index (χ2n) is 4.93. The van der Waals surface area contributed by atoms with Crippen molar-refractivity contribution in [3.05, 3.63) is 44.9 Å². The van der Waals surface area contributed by atoms with Crippen molar-refractivity contribution in [1.82, 2.24) is 9.97 Å². The highest BCUT2D eigenvalue weighted by Gasteiger charge is 2.22. The second kappa shape index (κ2) is 6.61. The molecule has 1 saturated heterocycles. The highest BCUT2D eigenvalue weighted by atomic mass is 79.9. The first-order chi connectivity index (χ1) is 10.1. The Morgan fingerprint density at radius 1 is 1.00 bits per heavy atom. The van der Waals surface area contributed by atoms with Crippen molar-refractivity contribution in [2.45, 2.75) is 18.8 Å². The molecule has 0 N–H and O–H groups in total. The van der Waals surface area contributed by atoms with Crippen molar-refractivity contribution >= 4 is 39.1 Å². The first-order valence-corrected chi connectivity index (χ1v) is 8.26. The quantitative estimate of drug-likeness (QED) is 0.671. The highest BCUT2D eigenvalue weighted by Crippen LogP contribution is 2.35. The second-order valence-corrected chi connectivity index (χ2v) is 6.56. The van der Waals surface area contributed by atoms with Crippen LogP contribution in [0.3, 0.4) is 0 Å². The van der Waals surface area contributed by atoms with Crippen molar-refractivity contribution in [2.24, 2.45) is 0 Å². The lowest BCUT2D eigenvalue weighted by Crippen LogP contribution is -2.16. The van der Waals surface area contributed by atoms with E-state index in [1.54, 1.807) is 0 Å². The van der Waals surface area contributed by atoms with Gasteiger partial charge in [0.2, 0.25) is 0 Å². The molecule has 21 heavy (non-hydrogen) atoms. The van der Waals surface area contributed by atoms with Gasteiger partial charge in [-0.15, -0.1) is 0 Å². The van der Waals surface area contributed by atoms with E-state index in [0.717, 1.165) is 36.1 Å². The molecule has 110 valence electrons. The molecular weight excluding hydrogens is 375 g/mol. The van der Waals surface area contributed by atoms with Crippen LogP contribution in [0.1, 0.15) is 24.6 Å². The summed E-state index contributed by atoms with van der Waals surface area (Å²) in [7, 11) is 0. The van der Waals surface area contributed by atoms with Crippen molar-refractivity contribution in [2.75, 3.05) is 13.2 Å². The molecule has 2 aromatic rings. The number of hydrogen-bond acceptors (Lipinski definition) is 3. The third-order valence-electron chi connectivity index (χ3n) is 3.56. The van der Waals surface area contributed by atoms with Crippen molar-refractivity contribution in [1.29, 1.82) is 0 Å². The van der Waals surface area contributed by atoms with Gasteiger partial charge in [-0.1, -0.05) is 51.3 Å². The molecule has 3 nitrogen and oxygen atoms in total. The molecule has 2 heterocycles. The molecule has 0 unspecified atom stereocenters. The topological polar surface area (TPSA) is 35.0 Å². The Morgan fingerprint density at radius 2 is 1.57 bits per heavy atom. The molecule has 1 aromatic heterocycles. The lowest BCUT2D eigenvalue weighted by atomic mass is 9.99. The minimum atomic E-state index is 0.271. The minimum absolute atomic E-state index is 0.271. The van der Waals surface area contributed by atoms with Gasteiger partial charge < -0.3 is 4.74 Å². The average Bonchev–Trinajstić information content (AvgIpc) is 2.49. The predicted molar refractivity (Wildman–Crippen MR) is 88.0 cm³/mol. The Balaban J connectivity index is 1.97. The maximum absolute atomic E-state index is 6.35. The Hall–Kier alpha value is -0.680. The van der Waals surface area contributed by atoms with Gasteiger partial charge in [-0.2, -0.15) is 0 Å². The fourth-order valence-electron chi connectivity index (χ4n) is 2.42. The van der Waals surface area contributed by atoms with Crippen LogP contribution >= 0.6 is 39.1 Å². The summed E-state index contributed by atoms with van der Waals surface area (Å²) in [5, 5.41) is 0.803. The van der Waals surface area contributed by atoms with Crippen molar-refractivity contribution in [3.8, 4) is 11.1 Å². The largest absolute Gasteiger partial charge is 0.381 e. The Bertz CT molecular complexity index is 620. The van der Waals surface area contributed by atoms with E-state index in [9.17, 15) is 0 Å². The van der Waals surface area contributed by atoms with Gasteiger partial charge in [-0.05, 0) is 30.5 Å². The van der Waals surface area contributed by atoms with Gasteiger partial charge in [-0.3, -0.25) is 0 Å². The van der Waals surface area contributed by atoms with Crippen molar-refractivity contribution in [3.63, 3.8) is 0 Å². The molecule has 0 spiro atoms. The van der Waals surface area contributed by atoms with Gasteiger partial charge >= 0.3 is 0 Å². The molecule has 0 amide bonds. The summed E-state index contributed by atoms with van der Waals surface area (Å²) in [4.78, 5) is 8.92. The van der Waals surface area contributed by atoms with Gasteiger partial charge in [0.25, 0.3) is 0 Å². The van der Waals surface area contributed by atoms with Gasteiger partial charge in [-0.25, -0.2) is 9.97 Å². The van der Waals surface area contributed by atoms with Gasteiger partial charge in [0.15, 0.2) is 0 Å². The number of halogens is 3. The smallest absolute Gasteiger partial charge is 0.142 e. The van der Waals surface area contributed by atoms with E-state index in [-0.39, 0.29) is 5.92 Å². The Kier molecular flexibility index (Phi) is 4.79. The van der Waals surface area contributed by atoms with Gasteiger partial charge in [0.05, 0.1) is 5.56 Å². The summed E-state index contributed by atoms with van der Waals surface area (Å²) >= 11 is 16.1. The number of hydrogen-bond donors (Lipinski definition) is 0. The van der Waals surface area contributed by atoms with E-state index >= 15 is 0 Å². The summed E-state index contributed by atoms with van der Waals surface area (Å²) in [5.41, 5.74) is 1.59. The van der Waals surface area contributed by atoms with Crippen LogP contribution in [-0.4, -0.2) is 23.2 Å². The third-order valence-corrected chi connectivity index (χ3v) is 4.63. The molecule has 3 rings (SSSR count). The zero-order valence-electron chi connectivity index (χ0n) is 11.2. The summed E-state index contributed by atoms with van der Waals surface area (Å²) in [6, 6.07) is 7.76. The fraction of sp³-hybridized carbons (Fsp3) is 0.333. The highest BCUT2D eigenvalue weighted by molar-refractivity contribution is 9.10. The molecule has 1 aliphatic rings. The molecule has 1 fully saturated rings. The first kappa shape index (κ1) is 15.2. The summed E-state index contributed by atoms with van der Waals surface area (Å²) in [5.74, 6) is 0.988. The normalized spacial score (nSPS) is 16.1. The summed E-state index contributed by atoms with van der Waals surface area (Å²) in [6.07, 6.45) is 1.81.